The summed E-state index contributed by atoms with van der Waals surface area (Å²) >= 11 is 5.87. The molecule has 1 fully saturated rings. The SMILES string of the molecule is CN1C(=O)CC(NC(=O)CCC(=O)O)C1c1ccc(Cl)cc1. The van der Waals surface area contributed by atoms with Crippen molar-refractivity contribution in [3.63, 3.8) is 0 Å². The molecule has 1 aliphatic rings. The van der Waals surface area contributed by atoms with E-state index in [0.29, 0.717) is 5.02 Å². The Hall–Kier alpha value is -2.08. The number of likely N-dealkylation sites (N-methyl/N-ethyl adjacent to an activating group) is 1. The van der Waals surface area contributed by atoms with E-state index >= 15 is 0 Å². The third-order valence-electron chi connectivity index (χ3n) is 3.71. The summed E-state index contributed by atoms with van der Waals surface area (Å²) in [6.45, 7) is 0. The Kier molecular flexibility index (Phi) is 5.03. The molecule has 0 aromatic heterocycles. The molecule has 6 nitrogen and oxygen atoms in total. The molecule has 1 aliphatic heterocycles. The van der Waals surface area contributed by atoms with E-state index in [-0.39, 0.29) is 43.2 Å². The molecule has 2 amide bonds. The number of rotatable bonds is 5. The highest BCUT2D eigenvalue weighted by Gasteiger charge is 2.39. The minimum atomic E-state index is -1.02. The molecule has 0 spiro atoms. The first-order valence-corrected chi connectivity index (χ1v) is 7.28. The van der Waals surface area contributed by atoms with Gasteiger partial charge in [-0.05, 0) is 17.7 Å². The smallest absolute Gasteiger partial charge is 0.303 e. The lowest BCUT2D eigenvalue weighted by Crippen LogP contribution is -2.39. The minimum absolute atomic E-state index is 0.0662. The van der Waals surface area contributed by atoms with Crippen LogP contribution in [0, 0.1) is 0 Å². The Labute approximate surface area is 133 Å². The summed E-state index contributed by atoms with van der Waals surface area (Å²) < 4.78 is 0. The lowest BCUT2D eigenvalue weighted by molar-refractivity contribution is -0.139. The Morgan fingerprint density at radius 2 is 1.95 bits per heavy atom. The predicted molar refractivity (Wildman–Crippen MR) is 80.4 cm³/mol. The van der Waals surface area contributed by atoms with Crippen LogP contribution in [0.2, 0.25) is 5.02 Å². The molecule has 1 aromatic carbocycles. The van der Waals surface area contributed by atoms with Gasteiger partial charge < -0.3 is 15.3 Å². The summed E-state index contributed by atoms with van der Waals surface area (Å²) in [4.78, 5) is 35.9. The summed E-state index contributed by atoms with van der Waals surface area (Å²) in [5, 5.41) is 12.0. The Morgan fingerprint density at radius 1 is 1.32 bits per heavy atom. The lowest BCUT2D eigenvalue weighted by atomic mass is 10.00. The van der Waals surface area contributed by atoms with Crippen molar-refractivity contribution >= 4 is 29.4 Å². The largest absolute Gasteiger partial charge is 0.481 e. The van der Waals surface area contributed by atoms with Crippen molar-refractivity contribution in [2.75, 3.05) is 7.05 Å². The summed E-state index contributed by atoms with van der Waals surface area (Å²) in [5.74, 6) is -1.46. The highest BCUT2D eigenvalue weighted by molar-refractivity contribution is 6.30. The van der Waals surface area contributed by atoms with Crippen LogP contribution in [0.1, 0.15) is 30.9 Å². The molecular weight excluding hydrogens is 308 g/mol. The van der Waals surface area contributed by atoms with Gasteiger partial charge in [-0.3, -0.25) is 14.4 Å². The van der Waals surface area contributed by atoms with Crippen LogP contribution >= 0.6 is 11.6 Å². The van der Waals surface area contributed by atoms with Crippen LogP contribution in [-0.4, -0.2) is 40.9 Å². The number of carboxylic acid groups (broad SMARTS) is 1. The first kappa shape index (κ1) is 16.3. The van der Waals surface area contributed by atoms with Crippen LogP contribution in [0.5, 0.6) is 0 Å². The predicted octanol–water partition coefficient (Wildman–Crippen LogP) is 1.59. The summed E-state index contributed by atoms with van der Waals surface area (Å²) in [5.41, 5.74) is 0.876. The van der Waals surface area contributed by atoms with E-state index in [1.165, 1.54) is 0 Å². The highest BCUT2D eigenvalue weighted by atomic mass is 35.5. The van der Waals surface area contributed by atoms with Gasteiger partial charge in [-0.2, -0.15) is 0 Å². The second-order valence-electron chi connectivity index (χ2n) is 5.27. The Balaban J connectivity index is 2.11. The zero-order valence-corrected chi connectivity index (χ0v) is 12.8. The Morgan fingerprint density at radius 3 is 2.55 bits per heavy atom. The number of hydrogen-bond acceptors (Lipinski definition) is 3. The maximum absolute atomic E-state index is 11.9. The molecular formula is C15H17ClN2O4. The molecule has 1 saturated heterocycles. The zero-order chi connectivity index (χ0) is 16.3. The average molecular weight is 325 g/mol. The van der Waals surface area contributed by atoms with Gasteiger partial charge in [0.25, 0.3) is 0 Å². The van der Waals surface area contributed by atoms with Crippen LogP contribution in [0.3, 0.4) is 0 Å². The number of nitrogens with zero attached hydrogens (tertiary/aromatic N) is 1. The van der Waals surface area contributed by atoms with Crippen molar-refractivity contribution in [2.45, 2.75) is 31.3 Å². The highest BCUT2D eigenvalue weighted by Crippen LogP contribution is 2.32. The number of aliphatic carboxylic acids is 1. The van der Waals surface area contributed by atoms with Crippen molar-refractivity contribution in [1.29, 1.82) is 0 Å². The summed E-state index contributed by atoms with van der Waals surface area (Å²) in [6.07, 6.45) is -0.131. The monoisotopic (exact) mass is 324 g/mol. The minimum Gasteiger partial charge on any atom is -0.481 e. The summed E-state index contributed by atoms with van der Waals surface area (Å²) in [6, 6.07) is 6.45. The van der Waals surface area contributed by atoms with Gasteiger partial charge in [0.1, 0.15) is 0 Å². The van der Waals surface area contributed by atoms with E-state index in [2.05, 4.69) is 5.32 Å². The van der Waals surface area contributed by atoms with Crippen molar-refractivity contribution in [3.8, 4) is 0 Å². The second-order valence-corrected chi connectivity index (χ2v) is 5.71. The number of carbonyl (C=O) groups is 3. The van der Waals surface area contributed by atoms with Gasteiger partial charge in [-0.25, -0.2) is 0 Å². The molecule has 2 atom stereocenters. The van der Waals surface area contributed by atoms with Crippen molar-refractivity contribution in [1.82, 2.24) is 10.2 Å². The van der Waals surface area contributed by atoms with Gasteiger partial charge in [0, 0.05) is 24.9 Å². The average Bonchev–Trinajstić information content (AvgIpc) is 2.73. The van der Waals surface area contributed by atoms with Crippen LogP contribution in [0.15, 0.2) is 24.3 Å². The van der Waals surface area contributed by atoms with E-state index in [1.807, 2.05) is 12.1 Å². The van der Waals surface area contributed by atoms with Gasteiger partial charge in [0.05, 0.1) is 18.5 Å². The third-order valence-corrected chi connectivity index (χ3v) is 3.96. The first-order chi connectivity index (χ1) is 10.4. The maximum atomic E-state index is 11.9. The fraction of sp³-hybridized carbons (Fsp3) is 0.400. The van der Waals surface area contributed by atoms with Gasteiger partial charge in [-0.1, -0.05) is 23.7 Å². The number of nitrogens with one attached hydrogen (secondary N) is 1. The van der Waals surface area contributed by atoms with Crippen LogP contribution < -0.4 is 5.32 Å². The van der Waals surface area contributed by atoms with E-state index in [9.17, 15) is 14.4 Å². The second kappa shape index (κ2) is 6.79. The van der Waals surface area contributed by atoms with E-state index in [0.717, 1.165) is 5.56 Å². The molecule has 7 heteroatoms. The molecule has 0 saturated carbocycles. The van der Waals surface area contributed by atoms with Crippen LogP contribution in [0.4, 0.5) is 0 Å². The van der Waals surface area contributed by atoms with Crippen LogP contribution in [-0.2, 0) is 14.4 Å². The number of likely N-dealkylation sites (tertiary alicyclic amines) is 1. The van der Waals surface area contributed by atoms with E-state index in [4.69, 9.17) is 16.7 Å². The van der Waals surface area contributed by atoms with Crippen molar-refractivity contribution < 1.29 is 19.5 Å². The lowest BCUT2D eigenvalue weighted by Gasteiger charge is -2.26. The van der Waals surface area contributed by atoms with Gasteiger partial charge in [0.2, 0.25) is 11.8 Å². The molecule has 2 unspecified atom stereocenters. The number of carboxylic acids is 1. The molecule has 2 rings (SSSR count). The fourth-order valence-corrected chi connectivity index (χ4v) is 2.74. The molecule has 0 aliphatic carbocycles. The molecule has 118 valence electrons. The summed E-state index contributed by atoms with van der Waals surface area (Å²) in [7, 11) is 1.69. The molecule has 0 radical (unpaired) electrons. The molecule has 2 N–H and O–H groups in total. The number of carbonyl (C=O) groups excluding carboxylic acids is 2. The molecule has 22 heavy (non-hydrogen) atoms. The quantitative estimate of drug-likeness (QED) is 0.861. The molecule has 1 aromatic rings. The fourth-order valence-electron chi connectivity index (χ4n) is 2.61. The number of halogens is 1. The third kappa shape index (κ3) is 3.76. The topological polar surface area (TPSA) is 86.7 Å². The van der Waals surface area contributed by atoms with Gasteiger partial charge in [-0.15, -0.1) is 0 Å². The zero-order valence-electron chi connectivity index (χ0n) is 12.1. The maximum Gasteiger partial charge on any atom is 0.303 e. The van der Waals surface area contributed by atoms with Gasteiger partial charge in [0.15, 0.2) is 0 Å². The Bertz CT molecular complexity index is 588. The van der Waals surface area contributed by atoms with Gasteiger partial charge >= 0.3 is 5.97 Å². The normalized spacial score (nSPS) is 21.0. The first-order valence-electron chi connectivity index (χ1n) is 6.90. The molecule has 0 bridgehead atoms. The van der Waals surface area contributed by atoms with E-state index < -0.39 is 5.97 Å². The van der Waals surface area contributed by atoms with Crippen LogP contribution in [0.25, 0.3) is 0 Å². The number of amides is 2. The standard InChI is InChI=1S/C15H17ClN2O4/c1-18-13(20)8-11(17-12(19)6-7-14(21)22)15(18)9-2-4-10(16)5-3-9/h2-5,11,15H,6-8H2,1H3,(H,17,19)(H,21,22). The number of benzene rings is 1. The van der Waals surface area contributed by atoms with Crippen molar-refractivity contribution in [3.05, 3.63) is 34.9 Å². The number of hydrogen-bond donors (Lipinski definition) is 2. The van der Waals surface area contributed by atoms with E-state index in [1.54, 1.807) is 24.1 Å². The van der Waals surface area contributed by atoms with Crippen molar-refractivity contribution in [2.24, 2.45) is 0 Å². The molecule has 1 heterocycles.